The van der Waals surface area contributed by atoms with Crippen LogP contribution in [-0.2, 0) is 16.1 Å². The molecule has 0 saturated heterocycles. The number of carbonyl (C=O) groups excluding carboxylic acids is 2. The van der Waals surface area contributed by atoms with Crippen LogP contribution in [0.15, 0.2) is 42.5 Å². The highest BCUT2D eigenvalue weighted by molar-refractivity contribution is 6.02. The summed E-state index contributed by atoms with van der Waals surface area (Å²) >= 11 is 0. The molecule has 2 amide bonds. The zero-order valence-corrected chi connectivity index (χ0v) is 14.2. The predicted molar refractivity (Wildman–Crippen MR) is 93.9 cm³/mol. The minimum absolute atomic E-state index is 0.0333. The molecule has 2 aromatic carbocycles. The van der Waals surface area contributed by atoms with Crippen molar-refractivity contribution >= 4 is 17.5 Å². The van der Waals surface area contributed by atoms with Gasteiger partial charge in [0.25, 0.3) is 5.91 Å². The number of amides is 2. The average Bonchev–Trinajstić information content (AvgIpc) is 2.63. The van der Waals surface area contributed by atoms with Crippen molar-refractivity contribution in [3.8, 4) is 11.5 Å². The fourth-order valence-corrected chi connectivity index (χ4v) is 2.63. The van der Waals surface area contributed by atoms with Gasteiger partial charge in [-0.05, 0) is 42.3 Å². The van der Waals surface area contributed by atoms with Crippen molar-refractivity contribution in [2.24, 2.45) is 0 Å². The van der Waals surface area contributed by atoms with E-state index < -0.39 is 0 Å². The number of fused-ring (bicyclic) bond motifs is 1. The minimum Gasteiger partial charge on any atom is -0.497 e. The Bertz CT molecular complexity index is 787. The van der Waals surface area contributed by atoms with Gasteiger partial charge in [0.2, 0.25) is 5.91 Å². The number of hydrogen-bond acceptors (Lipinski definition) is 4. The van der Waals surface area contributed by atoms with E-state index in [-0.39, 0.29) is 25.0 Å². The monoisotopic (exact) mass is 340 g/mol. The summed E-state index contributed by atoms with van der Waals surface area (Å²) in [5, 5.41) is 2.83. The van der Waals surface area contributed by atoms with Crippen molar-refractivity contribution in [2.45, 2.75) is 13.5 Å². The van der Waals surface area contributed by atoms with Crippen molar-refractivity contribution in [1.29, 1.82) is 0 Å². The molecule has 0 spiro atoms. The Hall–Kier alpha value is -3.02. The summed E-state index contributed by atoms with van der Waals surface area (Å²) in [6, 6.07) is 13.0. The van der Waals surface area contributed by atoms with Gasteiger partial charge in [-0.15, -0.1) is 0 Å². The summed E-state index contributed by atoms with van der Waals surface area (Å²) in [5.41, 5.74) is 2.62. The van der Waals surface area contributed by atoms with Gasteiger partial charge in [-0.25, -0.2) is 0 Å². The van der Waals surface area contributed by atoms with Crippen LogP contribution in [0.1, 0.15) is 11.1 Å². The maximum absolute atomic E-state index is 12.3. The Balaban J connectivity index is 1.63. The molecule has 0 saturated carbocycles. The number of anilines is 1. The number of carbonyl (C=O) groups is 2. The first-order valence-corrected chi connectivity index (χ1v) is 8.00. The lowest BCUT2D eigenvalue weighted by atomic mass is 10.1. The summed E-state index contributed by atoms with van der Waals surface area (Å²) in [6.45, 7) is 2.25. The molecule has 0 bridgehead atoms. The van der Waals surface area contributed by atoms with E-state index in [0.717, 1.165) is 16.9 Å². The van der Waals surface area contributed by atoms with Gasteiger partial charge in [-0.2, -0.15) is 0 Å². The van der Waals surface area contributed by atoms with Gasteiger partial charge in [-0.1, -0.05) is 18.2 Å². The topological polar surface area (TPSA) is 67.9 Å². The van der Waals surface area contributed by atoms with Crippen LogP contribution in [0.4, 0.5) is 5.69 Å². The maximum Gasteiger partial charge on any atom is 0.265 e. The van der Waals surface area contributed by atoms with Crippen LogP contribution in [0, 0.1) is 6.92 Å². The molecule has 0 unspecified atom stereocenters. The number of nitrogens with one attached hydrogen (secondary N) is 1. The number of nitrogens with zero attached hydrogens (tertiary/aromatic N) is 1. The van der Waals surface area contributed by atoms with Crippen molar-refractivity contribution in [2.75, 3.05) is 25.2 Å². The van der Waals surface area contributed by atoms with E-state index in [4.69, 9.17) is 9.47 Å². The summed E-state index contributed by atoms with van der Waals surface area (Å²) in [7, 11) is 1.61. The van der Waals surface area contributed by atoms with Gasteiger partial charge in [0, 0.05) is 6.54 Å². The molecule has 2 aromatic rings. The Morgan fingerprint density at radius 1 is 1.24 bits per heavy atom. The van der Waals surface area contributed by atoms with Crippen LogP contribution in [-0.4, -0.2) is 32.1 Å². The molecule has 0 aromatic heterocycles. The van der Waals surface area contributed by atoms with Crippen LogP contribution in [0.2, 0.25) is 0 Å². The molecule has 0 radical (unpaired) electrons. The molecular formula is C19H20N2O4. The summed E-state index contributed by atoms with van der Waals surface area (Å²) in [4.78, 5) is 25.8. The second-order valence-corrected chi connectivity index (χ2v) is 5.86. The number of ether oxygens (including phenoxy) is 2. The van der Waals surface area contributed by atoms with Crippen LogP contribution in [0.3, 0.4) is 0 Å². The van der Waals surface area contributed by atoms with E-state index in [2.05, 4.69) is 5.32 Å². The van der Waals surface area contributed by atoms with Gasteiger partial charge in [0.05, 0.1) is 12.8 Å². The molecule has 3 rings (SSSR count). The highest BCUT2D eigenvalue weighted by Gasteiger charge is 2.27. The molecule has 6 heteroatoms. The van der Waals surface area contributed by atoms with Crippen LogP contribution < -0.4 is 19.7 Å². The Labute approximate surface area is 146 Å². The van der Waals surface area contributed by atoms with Gasteiger partial charge < -0.3 is 14.8 Å². The molecule has 1 heterocycles. The third kappa shape index (κ3) is 3.91. The van der Waals surface area contributed by atoms with Crippen LogP contribution in [0.25, 0.3) is 0 Å². The smallest absolute Gasteiger partial charge is 0.265 e. The second-order valence-electron chi connectivity index (χ2n) is 5.86. The van der Waals surface area contributed by atoms with Gasteiger partial charge >= 0.3 is 0 Å². The Kier molecular flexibility index (Phi) is 4.88. The van der Waals surface area contributed by atoms with E-state index >= 15 is 0 Å². The molecule has 25 heavy (non-hydrogen) atoms. The van der Waals surface area contributed by atoms with E-state index in [1.165, 1.54) is 4.90 Å². The lowest BCUT2D eigenvalue weighted by Gasteiger charge is -2.29. The van der Waals surface area contributed by atoms with E-state index in [9.17, 15) is 9.59 Å². The fourth-order valence-electron chi connectivity index (χ4n) is 2.63. The third-order valence-electron chi connectivity index (χ3n) is 4.01. The molecule has 0 atom stereocenters. The van der Waals surface area contributed by atoms with Crippen molar-refractivity contribution in [1.82, 2.24) is 5.32 Å². The predicted octanol–water partition coefficient (Wildman–Crippen LogP) is 2.05. The molecule has 0 fully saturated rings. The largest absolute Gasteiger partial charge is 0.497 e. The SMILES string of the molecule is COc1ccc(CNC(=O)CN2C(=O)COc3cc(C)ccc32)cc1. The molecular weight excluding hydrogens is 320 g/mol. The fraction of sp³-hybridized carbons (Fsp3) is 0.263. The highest BCUT2D eigenvalue weighted by Crippen LogP contribution is 2.32. The van der Waals surface area contributed by atoms with Gasteiger partial charge in [-0.3, -0.25) is 14.5 Å². The molecule has 6 nitrogen and oxygen atoms in total. The third-order valence-corrected chi connectivity index (χ3v) is 4.01. The molecule has 0 aliphatic carbocycles. The first kappa shape index (κ1) is 16.8. The zero-order valence-electron chi connectivity index (χ0n) is 14.2. The first-order valence-electron chi connectivity index (χ1n) is 8.00. The maximum atomic E-state index is 12.3. The summed E-state index contributed by atoms with van der Waals surface area (Å²) in [6.07, 6.45) is 0. The number of rotatable bonds is 5. The Morgan fingerprint density at radius 3 is 2.72 bits per heavy atom. The van der Waals surface area contributed by atoms with Crippen LogP contribution >= 0.6 is 0 Å². The number of benzene rings is 2. The molecule has 130 valence electrons. The van der Waals surface area contributed by atoms with Crippen molar-refractivity contribution in [3.63, 3.8) is 0 Å². The first-order chi connectivity index (χ1) is 12.1. The van der Waals surface area contributed by atoms with E-state index in [1.807, 2.05) is 43.3 Å². The number of methoxy groups -OCH3 is 1. The molecule has 1 aliphatic rings. The lowest BCUT2D eigenvalue weighted by Crippen LogP contribution is -2.45. The summed E-state index contributed by atoms with van der Waals surface area (Å²) in [5.74, 6) is 0.942. The van der Waals surface area contributed by atoms with Crippen molar-refractivity contribution in [3.05, 3.63) is 53.6 Å². The van der Waals surface area contributed by atoms with Gasteiger partial charge in [0.15, 0.2) is 6.61 Å². The molecule has 1 N–H and O–H groups in total. The minimum atomic E-state index is -0.226. The standard InChI is InChI=1S/C19H20N2O4/c1-13-3-8-16-17(9-13)25-12-19(23)21(16)11-18(22)20-10-14-4-6-15(24-2)7-5-14/h3-9H,10-12H2,1-2H3,(H,20,22). The molecule has 1 aliphatic heterocycles. The number of aryl methyl sites for hydroxylation is 1. The highest BCUT2D eigenvalue weighted by atomic mass is 16.5. The summed E-state index contributed by atoms with van der Waals surface area (Å²) < 4.78 is 10.6. The normalized spacial score (nSPS) is 13.0. The Morgan fingerprint density at radius 2 is 2.00 bits per heavy atom. The van der Waals surface area contributed by atoms with E-state index in [1.54, 1.807) is 13.2 Å². The van der Waals surface area contributed by atoms with Crippen molar-refractivity contribution < 1.29 is 19.1 Å². The van der Waals surface area contributed by atoms with Gasteiger partial charge in [0.1, 0.15) is 18.0 Å². The number of hydrogen-bond donors (Lipinski definition) is 1. The lowest BCUT2D eigenvalue weighted by molar-refractivity contribution is -0.125. The quantitative estimate of drug-likeness (QED) is 0.904. The average molecular weight is 340 g/mol. The van der Waals surface area contributed by atoms with E-state index in [0.29, 0.717) is 18.0 Å². The van der Waals surface area contributed by atoms with Crippen LogP contribution in [0.5, 0.6) is 11.5 Å². The zero-order chi connectivity index (χ0) is 17.8. The second kappa shape index (κ2) is 7.25.